The molecule has 2 fully saturated rings. The summed E-state index contributed by atoms with van der Waals surface area (Å²) in [7, 11) is 0. The van der Waals surface area contributed by atoms with Crippen molar-refractivity contribution in [2.75, 3.05) is 25.4 Å². The molecular formula is C12H21NO3S. The molecule has 0 aromatic carbocycles. The first kappa shape index (κ1) is 13.2. The predicted octanol–water partition coefficient (Wildman–Crippen LogP) is 1.45. The lowest BCUT2D eigenvalue weighted by atomic mass is 10.1. The van der Waals surface area contributed by atoms with E-state index in [0.29, 0.717) is 11.2 Å². The molecule has 5 heteroatoms. The van der Waals surface area contributed by atoms with E-state index in [4.69, 9.17) is 9.84 Å². The van der Waals surface area contributed by atoms with Crippen LogP contribution in [0.5, 0.6) is 0 Å². The van der Waals surface area contributed by atoms with E-state index >= 15 is 0 Å². The van der Waals surface area contributed by atoms with Crippen LogP contribution in [0.1, 0.15) is 26.7 Å². The van der Waals surface area contributed by atoms with Crippen LogP contribution in [0.3, 0.4) is 0 Å². The lowest BCUT2D eigenvalue weighted by Gasteiger charge is -2.38. The fourth-order valence-electron chi connectivity index (χ4n) is 2.58. The smallest absolute Gasteiger partial charge is 0.332 e. The van der Waals surface area contributed by atoms with Crippen LogP contribution in [0.25, 0.3) is 0 Å². The van der Waals surface area contributed by atoms with Gasteiger partial charge in [0.15, 0.2) is 6.10 Å². The van der Waals surface area contributed by atoms with Crippen LogP contribution in [0.4, 0.5) is 0 Å². The third kappa shape index (κ3) is 3.60. The van der Waals surface area contributed by atoms with Gasteiger partial charge in [0.2, 0.25) is 0 Å². The third-order valence-corrected chi connectivity index (χ3v) is 4.65. The Labute approximate surface area is 107 Å². The molecule has 0 aromatic heterocycles. The van der Waals surface area contributed by atoms with Gasteiger partial charge in [-0.15, -0.1) is 0 Å². The van der Waals surface area contributed by atoms with Crippen molar-refractivity contribution in [1.82, 2.24) is 4.90 Å². The standard InChI is InChI=1S/C12H21NO3S/c1-12(2)8-13(5-6-17-12)7-9-3-4-10(16-9)11(14)15/h9-10H,3-8H2,1-2H3,(H,14,15). The highest BCUT2D eigenvalue weighted by molar-refractivity contribution is 8.00. The van der Waals surface area contributed by atoms with E-state index in [2.05, 4.69) is 18.7 Å². The molecule has 0 radical (unpaired) electrons. The van der Waals surface area contributed by atoms with Gasteiger partial charge in [-0.1, -0.05) is 0 Å². The number of hydrogen-bond acceptors (Lipinski definition) is 4. The van der Waals surface area contributed by atoms with Gasteiger partial charge in [0.1, 0.15) is 0 Å². The molecule has 0 aromatic rings. The van der Waals surface area contributed by atoms with Crippen LogP contribution >= 0.6 is 11.8 Å². The van der Waals surface area contributed by atoms with Crippen molar-refractivity contribution in [2.24, 2.45) is 0 Å². The van der Waals surface area contributed by atoms with Gasteiger partial charge in [0.25, 0.3) is 0 Å². The molecule has 2 aliphatic heterocycles. The number of aliphatic carboxylic acids is 1. The SMILES string of the molecule is CC1(C)CN(CC2CCC(C(=O)O)O2)CCS1. The maximum Gasteiger partial charge on any atom is 0.332 e. The van der Waals surface area contributed by atoms with Crippen molar-refractivity contribution in [3.8, 4) is 0 Å². The van der Waals surface area contributed by atoms with Crippen LogP contribution in [0.2, 0.25) is 0 Å². The molecule has 0 aliphatic carbocycles. The molecule has 17 heavy (non-hydrogen) atoms. The second-order valence-corrected chi connectivity index (χ2v) is 7.31. The summed E-state index contributed by atoms with van der Waals surface area (Å²) in [4.78, 5) is 13.2. The first-order valence-corrected chi connectivity index (χ1v) is 7.19. The van der Waals surface area contributed by atoms with Crippen LogP contribution in [-0.4, -0.2) is 58.3 Å². The molecule has 2 unspecified atom stereocenters. The third-order valence-electron chi connectivity index (χ3n) is 3.35. The van der Waals surface area contributed by atoms with Crippen LogP contribution in [0, 0.1) is 0 Å². The van der Waals surface area contributed by atoms with E-state index in [1.165, 1.54) is 0 Å². The van der Waals surface area contributed by atoms with E-state index in [0.717, 1.165) is 31.8 Å². The Morgan fingerprint density at radius 2 is 2.29 bits per heavy atom. The Morgan fingerprint density at radius 3 is 2.88 bits per heavy atom. The normalized spacial score (nSPS) is 33.8. The van der Waals surface area contributed by atoms with Crippen LogP contribution in [-0.2, 0) is 9.53 Å². The zero-order valence-corrected chi connectivity index (χ0v) is 11.3. The second-order valence-electron chi connectivity index (χ2n) is 5.51. The molecule has 2 saturated heterocycles. The molecule has 1 N–H and O–H groups in total. The number of carboxylic acids is 1. The Bertz CT molecular complexity index is 295. The van der Waals surface area contributed by atoms with Gasteiger partial charge >= 0.3 is 5.97 Å². The molecule has 2 aliphatic rings. The van der Waals surface area contributed by atoms with E-state index < -0.39 is 12.1 Å². The number of hydrogen-bond donors (Lipinski definition) is 1. The zero-order valence-electron chi connectivity index (χ0n) is 10.5. The summed E-state index contributed by atoms with van der Waals surface area (Å²) in [6.07, 6.45) is 1.06. The topological polar surface area (TPSA) is 49.8 Å². The molecular weight excluding hydrogens is 238 g/mol. The molecule has 0 spiro atoms. The molecule has 4 nitrogen and oxygen atoms in total. The summed E-state index contributed by atoms with van der Waals surface area (Å²) >= 11 is 2.01. The van der Waals surface area contributed by atoms with Crippen molar-refractivity contribution in [3.63, 3.8) is 0 Å². The van der Waals surface area contributed by atoms with Crippen molar-refractivity contribution < 1.29 is 14.6 Å². The summed E-state index contributed by atoms with van der Waals surface area (Å²) in [5, 5.41) is 8.88. The molecule has 2 atom stereocenters. The number of rotatable bonds is 3. The number of carboxylic acid groups (broad SMARTS) is 1. The Kier molecular flexibility index (Phi) is 4.00. The van der Waals surface area contributed by atoms with Gasteiger partial charge in [-0.25, -0.2) is 4.79 Å². The first-order chi connectivity index (χ1) is 7.96. The summed E-state index contributed by atoms with van der Waals surface area (Å²) in [6.45, 7) is 7.56. The van der Waals surface area contributed by atoms with Crippen LogP contribution in [0.15, 0.2) is 0 Å². The van der Waals surface area contributed by atoms with Crippen LogP contribution < -0.4 is 0 Å². The van der Waals surface area contributed by atoms with Gasteiger partial charge in [-0.05, 0) is 26.7 Å². The minimum Gasteiger partial charge on any atom is -0.479 e. The minimum absolute atomic E-state index is 0.106. The zero-order chi connectivity index (χ0) is 12.5. The first-order valence-electron chi connectivity index (χ1n) is 6.21. The summed E-state index contributed by atoms with van der Waals surface area (Å²) in [5.41, 5.74) is 0. The Morgan fingerprint density at radius 1 is 1.53 bits per heavy atom. The van der Waals surface area contributed by atoms with E-state index in [1.807, 2.05) is 11.8 Å². The number of nitrogens with zero attached hydrogens (tertiary/aromatic N) is 1. The highest BCUT2D eigenvalue weighted by Crippen LogP contribution is 2.30. The number of ether oxygens (including phenoxy) is 1. The highest BCUT2D eigenvalue weighted by Gasteiger charge is 2.34. The molecule has 2 rings (SSSR count). The lowest BCUT2D eigenvalue weighted by Crippen LogP contribution is -2.46. The van der Waals surface area contributed by atoms with Crippen molar-refractivity contribution >= 4 is 17.7 Å². The number of thioether (sulfide) groups is 1. The Balaban J connectivity index is 1.80. The van der Waals surface area contributed by atoms with E-state index in [1.54, 1.807) is 0 Å². The Hall–Kier alpha value is -0.260. The maximum absolute atomic E-state index is 10.8. The molecule has 2 heterocycles. The van der Waals surface area contributed by atoms with Gasteiger partial charge < -0.3 is 9.84 Å². The average Bonchev–Trinajstić information content (AvgIpc) is 2.64. The van der Waals surface area contributed by atoms with Crippen molar-refractivity contribution in [1.29, 1.82) is 0 Å². The van der Waals surface area contributed by atoms with Crippen molar-refractivity contribution in [2.45, 2.75) is 43.6 Å². The van der Waals surface area contributed by atoms with Gasteiger partial charge in [0, 0.05) is 30.1 Å². The molecule has 0 bridgehead atoms. The van der Waals surface area contributed by atoms with E-state index in [-0.39, 0.29) is 6.10 Å². The fraction of sp³-hybridized carbons (Fsp3) is 0.917. The van der Waals surface area contributed by atoms with Gasteiger partial charge in [-0.3, -0.25) is 4.90 Å². The highest BCUT2D eigenvalue weighted by atomic mass is 32.2. The van der Waals surface area contributed by atoms with Crippen molar-refractivity contribution in [3.05, 3.63) is 0 Å². The minimum atomic E-state index is -0.818. The second kappa shape index (κ2) is 5.16. The number of carbonyl (C=O) groups is 1. The van der Waals surface area contributed by atoms with Gasteiger partial charge in [-0.2, -0.15) is 11.8 Å². The van der Waals surface area contributed by atoms with E-state index in [9.17, 15) is 4.79 Å². The largest absolute Gasteiger partial charge is 0.479 e. The summed E-state index contributed by atoms with van der Waals surface area (Å²) < 4.78 is 5.85. The maximum atomic E-state index is 10.8. The summed E-state index contributed by atoms with van der Waals surface area (Å²) in [6, 6.07) is 0. The fourth-order valence-corrected chi connectivity index (χ4v) is 3.76. The van der Waals surface area contributed by atoms with Gasteiger partial charge in [0.05, 0.1) is 6.10 Å². The predicted molar refractivity (Wildman–Crippen MR) is 68.5 cm³/mol. The lowest BCUT2D eigenvalue weighted by molar-refractivity contribution is -0.149. The summed E-state index contributed by atoms with van der Waals surface area (Å²) in [5.74, 6) is 0.337. The average molecular weight is 259 g/mol. The molecule has 0 amide bonds. The monoisotopic (exact) mass is 259 g/mol. The quantitative estimate of drug-likeness (QED) is 0.831. The molecule has 0 saturated carbocycles. The molecule has 98 valence electrons.